The van der Waals surface area contributed by atoms with E-state index in [1.807, 2.05) is 6.07 Å². The molecule has 21 heavy (non-hydrogen) atoms. The van der Waals surface area contributed by atoms with Crippen molar-refractivity contribution >= 4 is 5.78 Å². The van der Waals surface area contributed by atoms with Gasteiger partial charge in [-0.1, -0.05) is 47.6 Å². The van der Waals surface area contributed by atoms with Crippen molar-refractivity contribution in [1.29, 1.82) is 0 Å². The van der Waals surface area contributed by atoms with Gasteiger partial charge in [-0.25, -0.2) is 0 Å². The largest absolute Gasteiger partial charge is 0.496 e. The van der Waals surface area contributed by atoms with Crippen LogP contribution in [0, 0.1) is 11.3 Å². The fraction of sp³-hybridized carbons (Fsp3) is 0.632. The molecule has 1 aliphatic carbocycles. The summed E-state index contributed by atoms with van der Waals surface area (Å²) < 4.78 is 5.45. The van der Waals surface area contributed by atoms with Gasteiger partial charge in [0.15, 0.2) is 5.78 Å². The predicted molar refractivity (Wildman–Crippen MR) is 87.3 cm³/mol. The number of fused-ring (bicyclic) bond motifs is 1. The fourth-order valence-corrected chi connectivity index (χ4v) is 3.43. The molecule has 0 radical (unpaired) electrons. The van der Waals surface area contributed by atoms with Crippen molar-refractivity contribution in [2.45, 2.75) is 59.8 Å². The van der Waals surface area contributed by atoms with E-state index < -0.39 is 0 Å². The quantitative estimate of drug-likeness (QED) is 0.782. The number of ether oxygens (including phenoxy) is 1. The van der Waals surface area contributed by atoms with Crippen LogP contribution in [-0.2, 0) is 11.8 Å². The van der Waals surface area contributed by atoms with Crippen molar-refractivity contribution < 1.29 is 9.53 Å². The van der Waals surface area contributed by atoms with Crippen LogP contribution in [0.3, 0.4) is 0 Å². The standard InChI is InChI=1S/C19H28O2/c1-18(2,3)11-12-10-13-14(19(4,5)6)8-9-15(21-7)16(13)17(12)20/h8-9,12H,10-11H2,1-7H3/t12-/m1/s1. The molecule has 1 aliphatic rings. The summed E-state index contributed by atoms with van der Waals surface area (Å²) in [6.45, 7) is 13.2. The van der Waals surface area contributed by atoms with E-state index in [2.05, 4.69) is 47.6 Å². The SMILES string of the molecule is COc1ccc(C(C)(C)C)c2c1C(=O)[C@@H](CC(C)(C)C)C2. The van der Waals surface area contributed by atoms with E-state index in [-0.39, 0.29) is 22.5 Å². The highest BCUT2D eigenvalue weighted by molar-refractivity contribution is 6.05. The van der Waals surface area contributed by atoms with Gasteiger partial charge >= 0.3 is 0 Å². The van der Waals surface area contributed by atoms with Crippen LogP contribution >= 0.6 is 0 Å². The molecule has 2 rings (SSSR count). The van der Waals surface area contributed by atoms with Gasteiger partial charge in [0, 0.05) is 5.92 Å². The molecule has 0 saturated carbocycles. The van der Waals surface area contributed by atoms with Gasteiger partial charge in [-0.2, -0.15) is 0 Å². The highest BCUT2D eigenvalue weighted by Gasteiger charge is 2.38. The minimum atomic E-state index is 0.0489. The van der Waals surface area contributed by atoms with Crippen molar-refractivity contribution in [2.75, 3.05) is 7.11 Å². The van der Waals surface area contributed by atoms with Crippen molar-refractivity contribution in [1.82, 2.24) is 0 Å². The molecule has 0 unspecified atom stereocenters. The Bertz CT molecular complexity index is 556. The molecular formula is C19H28O2. The maximum Gasteiger partial charge on any atom is 0.170 e. The molecule has 0 amide bonds. The van der Waals surface area contributed by atoms with Crippen LogP contribution in [0.25, 0.3) is 0 Å². The van der Waals surface area contributed by atoms with Crippen molar-refractivity contribution in [3.05, 3.63) is 28.8 Å². The summed E-state index contributed by atoms with van der Waals surface area (Å²) in [5, 5.41) is 0. The van der Waals surface area contributed by atoms with Crippen LogP contribution in [0.5, 0.6) is 5.75 Å². The van der Waals surface area contributed by atoms with Crippen LogP contribution in [0.4, 0.5) is 0 Å². The van der Waals surface area contributed by atoms with Crippen LogP contribution in [-0.4, -0.2) is 12.9 Å². The van der Waals surface area contributed by atoms with Crippen molar-refractivity contribution in [2.24, 2.45) is 11.3 Å². The molecule has 2 nitrogen and oxygen atoms in total. The summed E-state index contributed by atoms with van der Waals surface area (Å²) in [6, 6.07) is 4.08. The first-order chi connectivity index (χ1) is 9.54. The number of hydrogen-bond acceptors (Lipinski definition) is 2. The lowest BCUT2D eigenvalue weighted by atomic mass is 9.81. The summed E-state index contributed by atoms with van der Waals surface area (Å²) in [4.78, 5) is 12.9. The first-order valence-corrected chi connectivity index (χ1v) is 7.79. The smallest absolute Gasteiger partial charge is 0.170 e. The molecule has 0 aromatic heterocycles. The van der Waals surface area contributed by atoms with Crippen LogP contribution in [0.15, 0.2) is 12.1 Å². The number of hydrogen-bond donors (Lipinski definition) is 0. The molecule has 0 bridgehead atoms. The van der Waals surface area contributed by atoms with Crippen LogP contribution < -0.4 is 4.74 Å². The molecule has 0 saturated heterocycles. The Kier molecular flexibility index (Phi) is 3.94. The van der Waals surface area contributed by atoms with E-state index in [1.54, 1.807) is 7.11 Å². The number of Topliss-reactive ketones (excluding diaryl/α,β-unsaturated/α-hetero) is 1. The second-order valence-corrected chi connectivity index (χ2v) is 8.45. The molecular weight excluding hydrogens is 260 g/mol. The molecule has 1 aromatic carbocycles. The molecule has 0 N–H and O–H groups in total. The lowest BCUT2D eigenvalue weighted by molar-refractivity contribution is 0.0901. The van der Waals surface area contributed by atoms with E-state index in [4.69, 9.17) is 4.74 Å². The lowest BCUT2D eigenvalue weighted by Crippen LogP contribution is -2.18. The molecule has 1 aromatic rings. The summed E-state index contributed by atoms with van der Waals surface area (Å²) in [6.07, 6.45) is 1.78. The fourth-order valence-electron chi connectivity index (χ4n) is 3.43. The minimum Gasteiger partial charge on any atom is -0.496 e. The van der Waals surface area contributed by atoms with Gasteiger partial charge in [0.1, 0.15) is 5.75 Å². The third-order valence-electron chi connectivity index (χ3n) is 4.23. The van der Waals surface area contributed by atoms with E-state index in [0.29, 0.717) is 0 Å². The number of ketones is 1. The highest BCUT2D eigenvalue weighted by atomic mass is 16.5. The summed E-state index contributed by atoms with van der Waals surface area (Å²) in [5.41, 5.74) is 3.54. The zero-order chi connectivity index (χ0) is 16.0. The Morgan fingerprint density at radius 2 is 1.76 bits per heavy atom. The van der Waals surface area contributed by atoms with E-state index >= 15 is 0 Å². The average Bonchev–Trinajstić information content (AvgIpc) is 2.62. The number of carbonyl (C=O) groups excluding carboxylic acids is 1. The summed E-state index contributed by atoms with van der Waals surface area (Å²) in [5.74, 6) is 1.10. The molecule has 0 aliphatic heterocycles. The van der Waals surface area contributed by atoms with E-state index in [9.17, 15) is 4.79 Å². The van der Waals surface area contributed by atoms with Gasteiger partial charge in [0.2, 0.25) is 0 Å². The molecule has 0 spiro atoms. The second-order valence-electron chi connectivity index (χ2n) is 8.45. The number of rotatable bonds is 2. The topological polar surface area (TPSA) is 26.3 Å². The molecule has 2 heteroatoms. The first kappa shape index (κ1) is 16.1. The monoisotopic (exact) mass is 288 g/mol. The average molecular weight is 288 g/mol. The van der Waals surface area contributed by atoms with Crippen LogP contribution in [0.2, 0.25) is 0 Å². The minimum absolute atomic E-state index is 0.0489. The van der Waals surface area contributed by atoms with Gasteiger partial charge in [0.25, 0.3) is 0 Å². The summed E-state index contributed by atoms with van der Waals surface area (Å²) in [7, 11) is 1.65. The molecule has 116 valence electrons. The van der Waals surface area contributed by atoms with Gasteiger partial charge in [-0.05, 0) is 40.9 Å². The normalized spacial score (nSPS) is 18.8. The Labute approximate surface area is 128 Å². The van der Waals surface area contributed by atoms with Gasteiger partial charge in [-0.3, -0.25) is 4.79 Å². The summed E-state index contributed by atoms with van der Waals surface area (Å²) >= 11 is 0. The number of carbonyl (C=O) groups is 1. The lowest BCUT2D eigenvalue weighted by Gasteiger charge is -2.24. The Hall–Kier alpha value is -1.31. The first-order valence-electron chi connectivity index (χ1n) is 7.79. The molecule has 1 atom stereocenters. The predicted octanol–water partition coefficient (Wildman–Crippen LogP) is 4.78. The molecule has 0 fully saturated rings. The number of benzene rings is 1. The Morgan fingerprint density at radius 3 is 2.24 bits per heavy atom. The second kappa shape index (κ2) is 5.15. The van der Waals surface area contributed by atoms with Crippen molar-refractivity contribution in [3.8, 4) is 5.75 Å². The highest BCUT2D eigenvalue weighted by Crippen LogP contribution is 2.43. The van der Waals surface area contributed by atoms with Gasteiger partial charge < -0.3 is 4.74 Å². The van der Waals surface area contributed by atoms with Crippen molar-refractivity contribution in [3.63, 3.8) is 0 Å². The third kappa shape index (κ3) is 3.14. The maximum absolute atomic E-state index is 12.9. The van der Waals surface area contributed by atoms with E-state index in [1.165, 1.54) is 11.1 Å². The molecule has 0 heterocycles. The van der Waals surface area contributed by atoms with Gasteiger partial charge in [0.05, 0.1) is 12.7 Å². The van der Waals surface area contributed by atoms with Gasteiger partial charge in [-0.15, -0.1) is 0 Å². The third-order valence-corrected chi connectivity index (χ3v) is 4.23. The maximum atomic E-state index is 12.9. The van der Waals surface area contributed by atoms with Crippen LogP contribution in [0.1, 0.15) is 69.4 Å². The zero-order valence-electron chi connectivity index (χ0n) is 14.5. The zero-order valence-corrected chi connectivity index (χ0v) is 14.5. The Balaban J connectivity index is 2.51. The van der Waals surface area contributed by atoms with E-state index in [0.717, 1.165) is 24.2 Å². The Morgan fingerprint density at radius 1 is 1.14 bits per heavy atom. The number of methoxy groups -OCH3 is 1.